The van der Waals surface area contributed by atoms with Crippen molar-refractivity contribution >= 4 is 12.1 Å². The molecule has 0 aliphatic heterocycles. The van der Waals surface area contributed by atoms with Gasteiger partial charge in [0, 0.05) is 0 Å². The number of carbonyl (C=O) groups is 1. The average Bonchev–Trinajstić information content (AvgIpc) is 2.88. The van der Waals surface area contributed by atoms with Gasteiger partial charge >= 0.3 is 0 Å². The molecule has 1 N–H and O–H groups in total. The molecule has 0 bridgehead atoms. The van der Waals surface area contributed by atoms with Crippen LogP contribution >= 0.6 is 0 Å². The number of nitrogens with zero attached hydrogens (tertiary/aromatic N) is 1. The number of hydrogen-bond donors (Lipinski definition) is 1. The minimum atomic E-state index is -0.332. The van der Waals surface area contributed by atoms with Gasteiger partial charge in [0.1, 0.15) is 18.1 Å². The summed E-state index contributed by atoms with van der Waals surface area (Å²) in [5.74, 6) is 1.06. The number of amides is 1. The van der Waals surface area contributed by atoms with E-state index in [4.69, 9.17) is 9.47 Å². The maximum absolute atomic E-state index is 12.0. The van der Waals surface area contributed by atoms with Crippen LogP contribution in [0.15, 0.2) is 114 Å². The average molecular weight is 437 g/mol. The second-order valence-corrected chi connectivity index (χ2v) is 7.32. The third-order valence-corrected chi connectivity index (χ3v) is 4.86. The maximum Gasteiger partial charge on any atom is 0.277 e. The van der Waals surface area contributed by atoms with Crippen LogP contribution in [-0.4, -0.2) is 18.7 Å². The van der Waals surface area contributed by atoms with Crippen molar-refractivity contribution < 1.29 is 14.3 Å². The van der Waals surface area contributed by atoms with Crippen LogP contribution in [0, 0.1) is 0 Å². The van der Waals surface area contributed by atoms with Crippen LogP contribution in [0.2, 0.25) is 0 Å². The Morgan fingerprint density at radius 3 is 1.97 bits per heavy atom. The molecule has 1 amide bonds. The smallest absolute Gasteiger partial charge is 0.277 e. The number of benzene rings is 4. The lowest BCUT2D eigenvalue weighted by molar-refractivity contribution is -0.123. The topological polar surface area (TPSA) is 59.9 Å². The Labute approximate surface area is 193 Å². The van der Waals surface area contributed by atoms with Crippen LogP contribution in [0.5, 0.6) is 11.5 Å². The second kappa shape index (κ2) is 11.3. The molecule has 0 heterocycles. The van der Waals surface area contributed by atoms with E-state index in [9.17, 15) is 4.79 Å². The number of nitrogens with one attached hydrogen (secondary N) is 1. The summed E-state index contributed by atoms with van der Waals surface area (Å²) in [7, 11) is 0. The highest BCUT2D eigenvalue weighted by Gasteiger charge is 2.03. The van der Waals surface area contributed by atoms with E-state index >= 15 is 0 Å². The maximum atomic E-state index is 12.0. The summed E-state index contributed by atoms with van der Waals surface area (Å²) < 4.78 is 11.3. The molecule has 0 aliphatic carbocycles. The number of carbonyl (C=O) groups excluding carboxylic acids is 1. The summed E-state index contributed by atoms with van der Waals surface area (Å²) >= 11 is 0. The summed E-state index contributed by atoms with van der Waals surface area (Å²) in [6.45, 7) is 0.396. The fraction of sp³-hybridized carbons (Fsp3) is 0.0714. The molecule has 0 atom stereocenters. The molecule has 0 spiro atoms. The normalized spacial score (nSPS) is 10.7. The summed E-state index contributed by atoms with van der Waals surface area (Å²) in [6, 6.07) is 35.2. The first-order valence-corrected chi connectivity index (χ1v) is 10.6. The van der Waals surface area contributed by atoms with Crippen LogP contribution in [0.25, 0.3) is 11.1 Å². The van der Waals surface area contributed by atoms with Crippen molar-refractivity contribution in [1.82, 2.24) is 5.43 Å². The highest BCUT2D eigenvalue weighted by atomic mass is 16.5. The van der Waals surface area contributed by atoms with Crippen molar-refractivity contribution in [2.75, 3.05) is 6.61 Å². The molecule has 5 nitrogen and oxygen atoms in total. The van der Waals surface area contributed by atoms with Crippen LogP contribution in [0.3, 0.4) is 0 Å². The largest absolute Gasteiger partial charge is 0.489 e. The highest BCUT2D eigenvalue weighted by molar-refractivity contribution is 5.83. The minimum Gasteiger partial charge on any atom is -0.489 e. The van der Waals surface area contributed by atoms with Gasteiger partial charge in [-0.2, -0.15) is 5.10 Å². The van der Waals surface area contributed by atoms with Crippen molar-refractivity contribution in [2.24, 2.45) is 5.10 Å². The van der Waals surface area contributed by atoms with Crippen molar-refractivity contribution in [3.8, 4) is 22.6 Å². The molecule has 0 aromatic heterocycles. The van der Waals surface area contributed by atoms with Gasteiger partial charge in [0.2, 0.25) is 0 Å². The molecule has 0 saturated carbocycles. The first-order chi connectivity index (χ1) is 16.3. The molecule has 0 aliphatic rings. The lowest BCUT2D eigenvalue weighted by Crippen LogP contribution is -2.24. The molecule has 164 valence electrons. The van der Waals surface area contributed by atoms with Crippen molar-refractivity contribution in [2.45, 2.75) is 6.61 Å². The lowest BCUT2D eigenvalue weighted by atomic mass is 10.1. The Morgan fingerprint density at radius 1 is 0.697 bits per heavy atom. The van der Waals surface area contributed by atoms with Gasteiger partial charge in [0.05, 0.1) is 6.21 Å². The monoisotopic (exact) mass is 436 g/mol. The Kier molecular flexibility index (Phi) is 7.48. The van der Waals surface area contributed by atoms with Gasteiger partial charge in [-0.25, -0.2) is 5.43 Å². The first-order valence-electron chi connectivity index (χ1n) is 10.6. The Morgan fingerprint density at radius 2 is 1.27 bits per heavy atom. The van der Waals surface area contributed by atoms with Crippen LogP contribution in [-0.2, 0) is 11.4 Å². The van der Waals surface area contributed by atoms with Crippen molar-refractivity contribution in [1.29, 1.82) is 0 Å². The molecule has 0 radical (unpaired) electrons. The molecule has 4 aromatic carbocycles. The van der Waals surface area contributed by atoms with Gasteiger partial charge in [-0.15, -0.1) is 0 Å². The molecular formula is C28H24N2O3. The number of ether oxygens (including phenoxy) is 2. The summed E-state index contributed by atoms with van der Waals surface area (Å²) in [5.41, 5.74) is 6.66. The number of rotatable bonds is 9. The first kappa shape index (κ1) is 21.8. The van der Waals surface area contributed by atoms with Gasteiger partial charge < -0.3 is 9.47 Å². The van der Waals surface area contributed by atoms with Crippen molar-refractivity contribution in [3.63, 3.8) is 0 Å². The molecule has 4 rings (SSSR count). The highest BCUT2D eigenvalue weighted by Crippen LogP contribution is 2.22. The van der Waals surface area contributed by atoms with E-state index in [1.807, 2.05) is 109 Å². The van der Waals surface area contributed by atoms with E-state index in [1.165, 1.54) is 0 Å². The molecule has 0 fully saturated rings. The van der Waals surface area contributed by atoms with E-state index in [1.54, 1.807) is 6.21 Å². The van der Waals surface area contributed by atoms with E-state index < -0.39 is 0 Å². The summed E-state index contributed by atoms with van der Waals surface area (Å²) in [5, 5.41) is 3.99. The quantitative estimate of drug-likeness (QED) is 0.280. The molecule has 0 saturated heterocycles. The predicted molar refractivity (Wildman–Crippen MR) is 130 cm³/mol. The standard InChI is InChI=1S/C28H24N2O3/c31-28(21-33-27-17-13-25(14-18-27)24-9-5-2-6-10-24)30-29-19-22-11-15-26(16-12-22)32-20-23-7-3-1-4-8-23/h1-19H,20-21H2,(H,30,31). The van der Waals surface area contributed by atoms with Crippen LogP contribution in [0.1, 0.15) is 11.1 Å². The third-order valence-electron chi connectivity index (χ3n) is 4.86. The van der Waals surface area contributed by atoms with Gasteiger partial charge in [-0.3, -0.25) is 4.79 Å². The Bertz CT molecular complexity index is 1170. The SMILES string of the molecule is O=C(COc1ccc(-c2ccccc2)cc1)NN=Cc1ccc(OCc2ccccc2)cc1. The third kappa shape index (κ3) is 6.80. The number of hydrogen-bond acceptors (Lipinski definition) is 4. The van der Waals surface area contributed by atoms with Crippen LogP contribution in [0.4, 0.5) is 0 Å². The van der Waals surface area contributed by atoms with Gasteiger partial charge in [-0.1, -0.05) is 72.8 Å². The zero-order valence-corrected chi connectivity index (χ0v) is 18.1. The van der Waals surface area contributed by atoms with Gasteiger partial charge in [-0.05, 0) is 58.7 Å². The molecule has 4 aromatic rings. The minimum absolute atomic E-state index is 0.117. The molecule has 33 heavy (non-hydrogen) atoms. The second-order valence-electron chi connectivity index (χ2n) is 7.32. The summed E-state index contributed by atoms with van der Waals surface area (Å²) in [6.07, 6.45) is 1.58. The number of hydrazone groups is 1. The van der Waals surface area contributed by atoms with E-state index in [-0.39, 0.29) is 12.5 Å². The van der Waals surface area contributed by atoms with Gasteiger partial charge in [0.15, 0.2) is 6.61 Å². The van der Waals surface area contributed by atoms with E-state index in [0.29, 0.717) is 12.4 Å². The predicted octanol–water partition coefficient (Wildman–Crippen LogP) is 5.46. The van der Waals surface area contributed by atoms with E-state index in [0.717, 1.165) is 28.0 Å². The zero-order chi connectivity index (χ0) is 22.7. The van der Waals surface area contributed by atoms with E-state index in [2.05, 4.69) is 10.5 Å². The molecule has 5 heteroatoms. The fourth-order valence-corrected chi connectivity index (χ4v) is 3.13. The fourth-order valence-electron chi connectivity index (χ4n) is 3.13. The van der Waals surface area contributed by atoms with Crippen molar-refractivity contribution in [3.05, 3.63) is 120 Å². The van der Waals surface area contributed by atoms with Crippen LogP contribution < -0.4 is 14.9 Å². The molecule has 0 unspecified atom stereocenters. The zero-order valence-electron chi connectivity index (χ0n) is 18.1. The summed E-state index contributed by atoms with van der Waals surface area (Å²) in [4.78, 5) is 12.0. The lowest BCUT2D eigenvalue weighted by Gasteiger charge is -2.07. The molecular weight excluding hydrogens is 412 g/mol. The Balaban J connectivity index is 1.20. The Hall–Kier alpha value is -4.38. The van der Waals surface area contributed by atoms with Gasteiger partial charge in [0.25, 0.3) is 5.91 Å².